The minimum absolute atomic E-state index is 0.111. The molecule has 1 N–H and O–H groups in total. The van der Waals surface area contributed by atoms with Gasteiger partial charge in [-0.15, -0.1) is 0 Å². The molecule has 0 fully saturated rings. The predicted octanol–water partition coefficient (Wildman–Crippen LogP) is 2.81. The van der Waals surface area contributed by atoms with Crippen LogP contribution in [0.25, 0.3) is 22.6 Å². The lowest BCUT2D eigenvalue weighted by Gasteiger charge is -2.18. The van der Waals surface area contributed by atoms with E-state index in [-0.39, 0.29) is 11.1 Å². The Bertz CT molecular complexity index is 1230. The van der Waals surface area contributed by atoms with E-state index in [2.05, 4.69) is 4.98 Å². The van der Waals surface area contributed by atoms with Crippen molar-refractivity contribution in [1.29, 1.82) is 0 Å². The molecule has 0 unspecified atom stereocenters. The monoisotopic (exact) mass is 376 g/mol. The van der Waals surface area contributed by atoms with Crippen LogP contribution in [0.1, 0.15) is 28.2 Å². The number of benzene rings is 2. The first-order chi connectivity index (χ1) is 13.6. The molecule has 0 atom stereocenters. The molecule has 7 heteroatoms. The quantitative estimate of drug-likeness (QED) is 0.740. The van der Waals surface area contributed by atoms with Crippen molar-refractivity contribution in [3.63, 3.8) is 0 Å². The lowest BCUT2D eigenvalue weighted by molar-refractivity contribution is 0.0697. The highest BCUT2D eigenvalue weighted by Gasteiger charge is 2.22. The maximum atomic E-state index is 12.8. The Morgan fingerprint density at radius 2 is 1.93 bits per heavy atom. The number of hydrogen-bond acceptors (Lipinski definition) is 5. The van der Waals surface area contributed by atoms with Crippen LogP contribution in [0.3, 0.4) is 0 Å². The largest absolute Gasteiger partial charge is 0.486 e. The number of ether oxygens (including phenoxy) is 2. The fraction of sp³-hybridized carbons (Fsp3) is 0.190. The molecule has 5 rings (SSSR count). The molecule has 1 aromatic heterocycles. The number of hydrogen-bond donors (Lipinski definition) is 1. The van der Waals surface area contributed by atoms with Crippen LogP contribution in [-0.2, 0) is 6.54 Å². The summed E-state index contributed by atoms with van der Waals surface area (Å²) in [6.07, 6.45) is 2.66. The molecule has 7 nitrogen and oxygen atoms in total. The Labute approximate surface area is 159 Å². The summed E-state index contributed by atoms with van der Waals surface area (Å²) in [4.78, 5) is 28.6. The second kappa shape index (κ2) is 6.23. The van der Waals surface area contributed by atoms with Crippen LogP contribution in [0.2, 0.25) is 0 Å². The van der Waals surface area contributed by atoms with Crippen molar-refractivity contribution >= 4 is 28.5 Å². The van der Waals surface area contributed by atoms with Crippen molar-refractivity contribution in [2.75, 3.05) is 13.2 Å². The fourth-order valence-electron chi connectivity index (χ4n) is 3.64. The average Bonchev–Trinajstić information content (AvgIpc) is 3.10. The van der Waals surface area contributed by atoms with Crippen LogP contribution in [0, 0.1) is 0 Å². The molecule has 3 aromatic rings. The number of rotatable bonds is 2. The Balaban J connectivity index is 1.62. The Morgan fingerprint density at radius 1 is 1.11 bits per heavy atom. The summed E-state index contributed by atoms with van der Waals surface area (Å²) >= 11 is 0. The fourth-order valence-corrected chi connectivity index (χ4v) is 3.64. The number of carboxylic acid groups (broad SMARTS) is 1. The summed E-state index contributed by atoms with van der Waals surface area (Å²) in [6, 6.07) is 10.1. The van der Waals surface area contributed by atoms with Gasteiger partial charge in [-0.05, 0) is 54.0 Å². The normalized spacial score (nSPS) is 16.4. The van der Waals surface area contributed by atoms with Gasteiger partial charge in [0.2, 0.25) is 0 Å². The zero-order valence-corrected chi connectivity index (χ0v) is 14.8. The number of aromatic nitrogens is 2. The predicted molar refractivity (Wildman–Crippen MR) is 103 cm³/mol. The summed E-state index contributed by atoms with van der Waals surface area (Å²) < 4.78 is 12.8. The molecule has 3 heterocycles. The van der Waals surface area contributed by atoms with E-state index in [1.165, 1.54) is 18.2 Å². The van der Waals surface area contributed by atoms with E-state index in [0.717, 1.165) is 16.9 Å². The van der Waals surface area contributed by atoms with Crippen LogP contribution >= 0.6 is 0 Å². The van der Waals surface area contributed by atoms with Gasteiger partial charge in [0.1, 0.15) is 19.0 Å². The van der Waals surface area contributed by atoms with E-state index in [4.69, 9.17) is 9.47 Å². The van der Waals surface area contributed by atoms with Gasteiger partial charge in [0.25, 0.3) is 5.56 Å². The molecule has 0 spiro atoms. The number of aromatic carboxylic acids is 1. The molecule has 2 aliphatic rings. The van der Waals surface area contributed by atoms with Crippen molar-refractivity contribution in [2.24, 2.45) is 0 Å². The van der Waals surface area contributed by atoms with Crippen LogP contribution in [0.4, 0.5) is 0 Å². The van der Waals surface area contributed by atoms with E-state index in [1.807, 2.05) is 24.3 Å². The van der Waals surface area contributed by atoms with Crippen LogP contribution in [0.15, 0.2) is 41.2 Å². The van der Waals surface area contributed by atoms with Gasteiger partial charge in [0.15, 0.2) is 11.5 Å². The van der Waals surface area contributed by atoms with Gasteiger partial charge in [-0.25, -0.2) is 9.78 Å². The van der Waals surface area contributed by atoms with E-state index < -0.39 is 5.97 Å². The Hall–Kier alpha value is -3.61. The molecule has 28 heavy (non-hydrogen) atoms. The summed E-state index contributed by atoms with van der Waals surface area (Å²) in [5, 5.41) is 9.63. The van der Waals surface area contributed by atoms with Crippen molar-refractivity contribution < 1.29 is 19.4 Å². The van der Waals surface area contributed by atoms with Crippen LogP contribution in [-0.4, -0.2) is 33.8 Å². The second-order valence-corrected chi connectivity index (χ2v) is 6.75. The Morgan fingerprint density at radius 3 is 2.75 bits per heavy atom. The van der Waals surface area contributed by atoms with E-state index in [9.17, 15) is 14.7 Å². The molecule has 2 aromatic carbocycles. The van der Waals surface area contributed by atoms with Crippen molar-refractivity contribution in [3.05, 3.63) is 63.7 Å². The summed E-state index contributed by atoms with van der Waals surface area (Å²) in [6.45, 7) is 1.61. The van der Waals surface area contributed by atoms with Crippen LogP contribution < -0.4 is 15.0 Å². The molecule has 2 aliphatic heterocycles. The smallest absolute Gasteiger partial charge is 0.335 e. The van der Waals surface area contributed by atoms with Crippen molar-refractivity contribution in [2.45, 2.75) is 13.0 Å². The number of fused-ring (bicyclic) bond motifs is 3. The molecule has 140 valence electrons. The molecule has 0 saturated heterocycles. The SMILES string of the molecule is O=C(O)c1ccc2c(=O)n3c(nc2c1)/C(=C\c1ccc2c(c1)OCCO2)CC3. The average molecular weight is 376 g/mol. The van der Waals surface area contributed by atoms with Gasteiger partial charge in [0.05, 0.1) is 16.5 Å². The lowest BCUT2D eigenvalue weighted by atomic mass is 10.1. The first kappa shape index (κ1) is 16.6. The lowest BCUT2D eigenvalue weighted by Crippen LogP contribution is -2.21. The molecule has 0 aliphatic carbocycles. The molecular weight excluding hydrogens is 360 g/mol. The standard InChI is InChI=1S/C21H16N2O5/c24-20-15-3-2-14(21(25)26)11-16(15)22-19-13(5-6-23(19)20)9-12-1-4-17-18(10-12)28-8-7-27-17/h1-4,9-11H,5-8H2,(H,25,26)/b13-9-. The van der Waals surface area contributed by atoms with E-state index in [1.54, 1.807) is 4.57 Å². The topological polar surface area (TPSA) is 90.7 Å². The number of allylic oxidation sites excluding steroid dienone is 1. The van der Waals surface area contributed by atoms with Crippen molar-refractivity contribution in [1.82, 2.24) is 9.55 Å². The maximum absolute atomic E-state index is 12.8. The first-order valence-electron chi connectivity index (χ1n) is 8.99. The number of nitrogens with zero attached hydrogens (tertiary/aromatic N) is 2. The second-order valence-electron chi connectivity index (χ2n) is 6.75. The summed E-state index contributed by atoms with van der Waals surface area (Å²) in [7, 11) is 0. The Kier molecular flexibility index (Phi) is 3.68. The highest BCUT2D eigenvalue weighted by Crippen LogP contribution is 2.33. The van der Waals surface area contributed by atoms with Gasteiger partial charge in [0, 0.05) is 6.54 Å². The highest BCUT2D eigenvalue weighted by atomic mass is 16.6. The van der Waals surface area contributed by atoms with Gasteiger partial charge in [-0.3, -0.25) is 9.36 Å². The van der Waals surface area contributed by atoms with Gasteiger partial charge in [-0.1, -0.05) is 6.07 Å². The highest BCUT2D eigenvalue weighted by molar-refractivity contribution is 5.93. The molecular formula is C21H16N2O5. The molecule has 0 amide bonds. The van der Waals surface area contributed by atoms with Gasteiger partial charge >= 0.3 is 5.97 Å². The summed E-state index contributed by atoms with van der Waals surface area (Å²) in [5.74, 6) is 0.960. The van der Waals surface area contributed by atoms with Crippen LogP contribution in [0.5, 0.6) is 11.5 Å². The minimum atomic E-state index is -1.05. The zero-order valence-electron chi connectivity index (χ0n) is 14.8. The maximum Gasteiger partial charge on any atom is 0.335 e. The summed E-state index contributed by atoms with van der Waals surface area (Å²) in [5.41, 5.74) is 2.21. The molecule has 0 radical (unpaired) electrons. The molecule has 0 saturated carbocycles. The molecule has 0 bridgehead atoms. The van der Waals surface area contributed by atoms with Gasteiger partial charge in [-0.2, -0.15) is 0 Å². The third-order valence-electron chi connectivity index (χ3n) is 5.00. The number of carboxylic acids is 1. The first-order valence-corrected chi connectivity index (χ1v) is 8.99. The minimum Gasteiger partial charge on any atom is -0.486 e. The third kappa shape index (κ3) is 2.63. The number of carbonyl (C=O) groups is 1. The zero-order chi connectivity index (χ0) is 19.3. The van der Waals surface area contributed by atoms with Gasteiger partial charge < -0.3 is 14.6 Å². The van der Waals surface area contributed by atoms with Crippen molar-refractivity contribution in [3.8, 4) is 11.5 Å². The third-order valence-corrected chi connectivity index (χ3v) is 5.00. The van der Waals surface area contributed by atoms with E-state index in [0.29, 0.717) is 48.7 Å². The van der Waals surface area contributed by atoms with E-state index >= 15 is 0 Å².